The van der Waals surface area contributed by atoms with E-state index in [9.17, 15) is 24.3 Å². The van der Waals surface area contributed by atoms with E-state index < -0.39 is 29.2 Å². The number of carbonyl (C=O) groups excluding carboxylic acids is 1. The molecule has 24 heavy (non-hydrogen) atoms. The van der Waals surface area contributed by atoms with Gasteiger partial charge in [-0.1, -0.05) is 13.8 Å². The molecular weight excluding hydrogens is 316 g/mol. The van der Waals surface area contributed by atoms with Gasteiger partial charge in [-0.3, -0.25) is 19.6 Å². The molecule has 0 saturated heterocycles. The third-order valence-electron chi connectivity index (χ3n) is 3.45. The minimum atomic E-state index is -1.14. The lowest BCUT2D eigenvalue weighted by atomic mass is 10.0. The van der Waals surface area contributed by atoms with Gasteiger partial charge in [0.15, 0.2) is 0 Å². The molecule has 0 aromatic carbocycles. The van der Waals surface area contributed by atoms with Crippen LogP contribution in [0.25, 0.3) is 11.0 Å². The third kappa shape index (κ3) is 3.67. The fourth-order valence-corrected chi connectivity index (χ4v) is 2.40. The monoisotopic (exact) mass is 334 g/mol. The average molecular weight is 334 g/mol. The van der Waals surface area contributed by atoms with Crippen molar-refractivity contribution in [2.75, 3.05) is 0 Å². The van der Waals surface area contributed by atoms with Gasteiger partial charge in [0.2, 0.25) is 0 Å². The minimum Gasteiger partial charge on any atom is -0.480 e. The lowest BCUT2D eigenvalue weighted by Crippen LogP contribution is -2.42. The molecule has 2 aromatic heterocycles. The zero-order chi connectivity index (χ0) is 18.0. The quantitative estimate of drug-likeness (QED) is 0.612. The Labute approximate surface area is 136 Å². The van der Waals surface area contributed by atoms with Crippen molar-refractivity contribution in [3.05, 3.63) is 38.2 Å². The van der Waals surface area contributed by atoms with E-state index in [1.807, 2.05) is 13.8 Å². The lowest BCUT2D eigenvalue weighted by Gasteiger charge is -2.16. The van der Waals surface area contributed by atoms with Crippen molar-refractivity contribution in [3.63, 3.8) is 0 Å². The van der Waals surface area contributed by atoms with Gasteiger partial charge < -0.3 is 10.4 Å². The number of aliphatic carboxylic acids is 1. The van der Waals surface area contributed by atoms with Crippen LogP contribution in [-0.4, -0.2) is 38.0 Å². The Hall–Kier alpha value is -2.97. The maximum absolute atomic E-state index is 12.3. The van der Waals surface area contributed by atoms with Gasteiger partial charge >= 0.3 is 11.7 Å². The smallest absolute Gasteiger partial charge is 0.327 e. The summed E-state index contributed by atoms with van der Waals surface area (Å²) in [5.41, 5.74) is -0.992. The second-order valence-electron chi connectivity index (χ2n) is 5.95. The molecule has 0 aliphatic heterocycles. The Morgan fingerprint density at radius 1 is 1.29 bits per heavy atom. The fraction of sp³-hybridized carbons (Fsp3) is 0.400. The van der Waals surface area contributed by atoms with E-state index in [0.29, 0.717) is 5.56 Å². The van der Waals surface area contributed by atoms with E-state index in [1.165, 1.54) is 6.07 Å². The standard InChI is InChI=1S/C15H18N4O5/c1-6(2)4-9(14(22)23)17-12(20)8-5-7(3)10-11(16-8)18-15(24)19-13(10)21/h5-6,9H,4H2,1-3H3,(H,17,20)(H,22,23)(H2,16,18,19,21,24)/t9-/m1/s1. The highest BCUT2D eigenvalue weighted by Gasteiger charge is 2.23. The van der Waals surface area contributed by atoms with Gasteiger partial charge in [0.05, 0.1) is 5.39 Å². The van der Waals surface area contributed by atoms with Crippen LogP contribution in [0, 0.1) is 12.8 Å². The first kappa shape index (κ1) is 17.4. The molecular formula is C15H18N4O5. The summed E-state index contributed by atoms with van der Waals surface area (Å²) in [6.45, 7) is 5.28. The molecule has 1 atom stereocenters. The number of carboxylic acids is 1. The first-order valence-corrected chi connectivity index (χ1v) is 7.36. The molecule has 9 heteroatoms. The van der Waals surface area contributed by atoms with E-state index in [0.717, 1.165) is 0 Å². The Bertz CT molecular complexity index is 912. The van der Waals surface area contributed by atoms with E-state index in [4.69, 9.17) is 0 Å². The van der Waals surface area contributed by atoms with Crippen molar-refractivity contribution in [3.8, 4) is 0 Å². The molecule has 0 aliphatic rings. The summed E-state index contributed by atoms with van der Waals surface area (Å²) >= 11 is 0. The SMILES string of the molecule is Cc1cc(C(=O)N[C@H](CC(C)C)C(=O)O)nc2[nH]c(=O)[nH]c(=O)c12. The van der Waals surface area contributed by atoms with E-state index >= 15 is 0 Å². The third-order valence-corrected chi connectivity index (χ3v) is 3.45. The summed E-state index contributed by atoms with van der Waals surface area (Å²) in [6.07, 6.45) is 0.268. The zero-order valence-electron chi connectivity index (χ0n) is 13.5. The van der Waals surface area contributed by atoms with Crippen LogP contribution in [0.2, 0.25) is 0 Å². The summed E-state index contributed by atoms with van der Waals surface area (Å²) in [6, 6.07) is 0.327. The Balaban J connectivity index is 2.41. The molecule has 128 valence electrons. The van der Waals surface area contributed by atoms with Crippen LogP contribution in [0.15, 0.2) is 15.7 Å². The number of hydrogen-bond donors (Lipinski definition) is 4. The number of H-pyrrole nitrogens is 2. The van der Waals surface area contributed by atoms with Crippen LogP contribution < -0.4 is 16.6 Å². The summed E-state index contributed by atoms with van der Waals surface area (Å²) < 4.78 is 0. The van der Waals surface area contributed by atoms with Crippen molar-refractivity contribution in [1.82, 2.24) is 20.3 Å². The second kappa shape index (κ2) is 6.65. The zero-order valence-corrected chi connectivity index (χ0v) is 13.5. The number of aryl methyl sites for hydroxylation is 1. The molecule has 9 nitrogen and oxygen atoms in total. The summed E-state index contributed by atoms with van der Waals surface area (Å²) in [5, 5.41) is 11.8. The highest BCUT2D eigenvalue weighted by molar-refractivity contribution is 5.97. The number of amides is 1. The average Bonchev–Trinajstić information content (AvgIpc) is 2.44. The van der Waals surface area contributed by atoms with Crippen LogP contribution in [0.5, 0.6) is 0 Å². The molecule has 4 N–H and O–H groups in total. The van der Waals surface area contributed by atoms with Crippen LogP contribution in [0.1, 0.15) is 36.3 Å². The van der Waals surface area contributed by atoms with Crippen LogP contribution >= 0.6 is 0 Å². The van der Waals surface area contributed by atoms with Crippen molar-refractivity contribution in [2.45, 2.75) is 33.2 Å². The van der Waals surface area contributed by atoms with Crippen molar-refractivity contribution >= 4 is 22.9 Å². The second-order valence-corrected chi connectivity index (χ2v) is 5.95. The van der Waals surface area contributed by atoms with Gasteiger partial charge in [-0.05, 0) is 30.9 Å². The Kier molecular flexibility index (Phi) is 4.82. The Morgan fingerprint density at radius 2 is 1.96 bits per heavy atom. The number of carbonyl (C=O) groups is 2. The number of fused-ring (bicyclic) bond motifs is 1. The number of hydrogen-bond acceptors (Lipinski definition) is 5. The predicted molar refractivity (Wildman–Crippen MR) is 86.1 cm³/mol. The molecule has 2 rings (SSSR count). The van der Waals surface area contributed by atoms with Gasteiger partial charge in [-0.15, -0.1) is 0 Å². The van der Waals surface area contributed by atoms with Gasteiger partial charge in [0, 0.05) is 0 Å². The number of nitrogens with one attached hydrogen (secondary N) is 3. The molecule has 0 unspecified atom stereocenters. The predicted octanol–water partition coefficient (Wildman–Crippen LogP) is 0.149. The molecule has 2 aromatic rings. The fourth-order valence-electron chi connectivity index (χ4n) is 2.40. The van der Waals surface area contributed by atoms with Gasteiger partial charge in [-0.25, -0.2) is 14.6 Å². The van der Waals surface area contributed by atoms with Gasteiger partial charge in [0.25, 0.3) is 11.5 Å². The normalized spacial score (nSPS) is 12.3. The van der Waals surface area contributed by atoms with E-state index in [1.54, 1.807) is 6.92 Å². The first-order valence-electron chi connectivity index (χ1n) is 7.36. The van der Waals surface area contributed by atoms with E-state index in [2.05, 4.69) is 20.3 Å². The summed E-state index contributed by atoms with van der Waals surface area (Å²) in [5.74, 6) is -1.75. The topological polar surface area (TPSA) is 145 Å². The van der Waals surface area contributed by atoms with Gasteiger partial charge in [0.1, 0.15) is 17.4 Å². The largest absolute Gasteiger partial charge is 0.480 e. The van der Waals surface area contributed by atoms with E-state index in [-0.39, 0.29) is 29.1 Å². The lowest BCUT2D eigenvalue weighted by molar-refractivity contribution is -0.139. The number of aromatic nitrogens is 3. The number of rotatable bonds is 5. The first-order chi connectivity index (χ1) is 11.2. The molecule has 0 radical (unpaired) electrons. The van der Waals surface area contributed by atoms with Crippen LogP contribution in [0.3, 0.4) is 0 Å². The molecule has 0 saturated carbocycles. The number of pyridine rings is 1. The highest BCUT2D eigenvalue weighted by Crippen LogP contribution is 2.12. The number of carboxylic acid groups (broad SMARTS) is 1. The molecule has 0 bridgehead atoms. The van der Waals surface area contributed by atoms with Gasteiger partial charge in [-0.2, -0.15) is 0 Å². The minimum absolute atomic E-state index is 0.0235. The molecule has 0 fully saturated rings. The highest BCUT2D eigenvalue weighted by atomic mass is 16.4. The molecule has 0 aliphatic carbocycles. The van der Waals surface area contributed by atoms with Crippen molar-refractivity contribution < 1.29 is 14.7 Å². The number of aromatic amines is 2. The maximum atomic E-state index is 12.3. The summed E-state index contributed by atoms with van der Waals surface area (Å²) in [7, 11) is 0. The van der Waals surface area contributed by atoms with Crippen molar-refractivity contribution in [2.24, 2.45) is 5.92 Å². The van der Waals surface area contributed by atoms with Crippen molar-refractivity contribution in [1.29, 1.82) is 0 Å². The maximum Gasteiger partial charge on any atom is 0.327 e. The van der Waals surface area contributed by atoms with Crippen LogP contribution in [-0.2, 0) is 4.79 Å². The summed E-state index contributed by atoms with van der Waals surface area (Å²) in [4.78, 5) is 55.1. The number of nitrogens with zero attached hydrogens (tertiary/aromatic N) is 1. The Morgan fingerprint density at radius 3 is 2.54 bits per heavy atom. The van der Waals surface area contributed by atoms with Crippen LogP contribution in [0.4, 0.5) is 0 Å². The molecule has 2 heterocycles. The molecule has 0 spiro atoms. The molecule has 1 amide bonds.